The Morgan fingerprint density at radius 1 is 1.13 bits per heavy atom. The van der Waals surface area contributed by atoms with Gasteiger partial charge >= 0.3 is 0 Å². The van der Waals surface area contributed by atoms with Gasteiger partial charge in [0, 0.05) is 35.9 Å². The molecule has 6 heteroatoms. The minimum Gasteiger partial charge on any atom is -0.495 e. The first-order valence-corrected chi connectivity index (χ1v) is 11.1. The molecule has 0 radical (unpaired) electrons. The van der Waals surface area contributed by atoms with Crippen LogP contribution in [0.1, 0.15) is 43.4 Å². The van der Waals surface area contributed by atoms with Crippen molar-refractivity contribution < 1.29 is 4.74 Å². The fourth-order valence-electron chi connectivity index (χ4n) is 3.79. The van der Waals surface area contributed by atoms with Gasteiger partial charge in [-0.25, -0.2) is 0 Å². The van der Waals surface area contributed by atoms with Crippen LogP contribution in [0.4, 0.5) is 5.69 Å². The third-order valence-corrected chi connectivity index (χ3v) is 5.53. The Balaban J connectivity index is 1.98. The third-order valence-electron chi connectivity index (χ3n) is 5.23. The van der Waals surface area contributed by atoms with Gasteiger partial charge in [-0.15, -0.1) is 0 Å². The smallest absolute Gasteiger partial charge is 0.137 e. The van der Waals surface area contributed by atoms with E-state index in [2.05, 4.69) is 35.1 Å². The highest BCUT2D eigenvalue weighted by Gasteiger charge is 2.14. The topological polar surface area (TPSA) is 61.2 Å². The van der Waals surface area contributed by atoms with Crippen LogP contribution in [0.5, 0.6) is 5.75 Å². The zero-order chi connectivity index (χ0) is 22.2. The molecule has 0 atom stereocenters. The number of nitriles is 1. The first kappa shape index (κ1) is 22.9. The molecule has 3 aromatic rings. The Labute approximate surface area is 189 Å². The van der Waals surface area contributed by atoms with Gasteiger partial charge in [-0.3, -0.25) is 9.88 Å². The largest absolute Gasteiger partial charge is 0.495 e. The van der Waals surface area contributed by atoms with Gasteiger partial charge < -0.3 is 10.1 Å². The number of methoxy groups -OCH3 is 1. The van der Waals surface area contributed by atoms with E-state index in [4.69, 9.17) is 16.3 Å². The molecule has 0 bridgehead atoms. The molecule has 0 amide bonds. The van der Waals surface area contributed by atoms with Gasteiger partial charge in [0.05, 0.1) is 29.3 Å². The average Bonchev–Trinajstić information content (AvgIpc) is 2.78. The SMILES string of the molecule is CCCN(CCC)Cc1cnc2ccc(C#N)cc2c1NCc1ccc(OC)c(Cl)c1. The summed E-state index contributed by atoms with van der Waals surface area (Å²) in [6, 6.07) is 13.7. The summed E-state index contributed by atoms with van der Waals surface area (Å²) < 4.78 is 5.26. The number of anilines is 1. The molecular formula is C25H29ClN4O. The fourth-order valence-corrected chi connectivity index (χ4v) is 4.07. The van der Waals surface area contributed by atoms with E-state index in [1.165, 1.54) is 0 Å². The number of fused-ring (bicyclic) bond motifs is 1. The van der Waals surface area contributed by atoms with E-state index >= 15 is 0 Å². The lowest BCUT2D eigenvalue weighted by molar-refractivity contribution is 0.267. The Morgan fingerprint density at radius 2 is 1.90 bits per heavy atom. The van der Waals surface area contributed by atoms with Crippen LogP contribution < -0.4 is 10.1 Å². The van der Waals surface area contributed by atoms with Crippen molar-refractivity contribution in [3.8, 4) is 11.8 Å². The number of benzene rings is 2. The molecule has 1 heterocycles. The third kappa shape index (κ3) is 5.66. The van der Waals surface area contributed by atoms with Crippen molar-refractivity contribution in [3.63, 3.8) is 0 Å². The van der Waals surface area contributed by atoms with Crippen molar-refractivity contribution in [1.29, 1.82) is 5.26 Å². The van der Waals surface area contributed by atoms with Gasteiger partial charge in [0.1, 0.15) is 5.75 Å². The zero-order valence-electron chi connectivity index (χ0n) is 18.4. The van der Waals surface area contributed by atoms with Crippen LogP contribution in [0.15, 0.2) is 42.6 Å². The van der Waals surface area contributed by atoms with Gasteiger partial charge in [-0.1, -0.05) is 31.5 Å². The molecule has 0 saturated carbocycles. The number of ether oxygens (including phenoxy) is 1. The maximum absolute atomic E-state index is 9.40. The van der Waals surface area contributed by atoms with Gasteiger partial charge in [0.15, 0.2) is 0 Å². The maximum atomic E-state index is 9.40. The summed E-state index contributed by atoms with van der Waals surface area (Å²) in [5.74, 6) is 0.661. The molecule has 0 spiro atoms. The minimum atomic E-state index is 0.588. The van der Waals surface area contributed by atoms with Crippen molar-refractivity contribution in [2.24, 2.45) is 0 Å². The van der Waals surface area contributed by atoms with Crippen LogP contribution in [-0.4, -0.2) is 30.1 Å². The number of nitrogens with one attached hydrogen (secondary N) is 1. The van der Waals surface area contributed by atoms with Gasteiger partial charge in [-0.2, -0.15) is 5.26 Å². The van der Waals surface area contributed by atoms with Crippen LogP contribution in [0, 0.1) is 11.3 Å². The predicted octanol–water partition coefficient (Wildman–Crippen LogP) is 6.00. The molecule has 1 N–H and O–H groups in total. The summed E-state index contributed by atoms with van der Waals surface area (Å²) in [6.07, 6.45) is 4.16. The van der Waals surface area contributed by atoms with Crippen LogP contribution in [0.25, 0.3) is 10.9 Å². The standard InChI is InChI=1S/C25H29ClN4O/c1-4-10-30(11-5-2)17-20-16-28-23-8-6-18(14-27)12-21(23)25(20)29-15-19-7-9-24(31-3)22(26)13-19/h6-9,12-13,16H,4-5,10-11,15,17H2,1-3H3,(H,28,29). The summed E-state index contributed by atoms with van der Waals surface area (Å²) in [5, 5.41) is 14.6. The Bertz CT molecular complexity index is 1070. The van der Waals surface area contributed by atoms with Crippen LogP contribution in [0.2, 0.25) is 5.02 Å². The molecule has 2 aromatic carbocycles. The fraction of sp³-hybridized carbons (Fsp3) is 0.360. The quantitative estimate of drug-likeness (QED) is 0.422. The number of halogens is 1. The van der Waals surface area contributed by atoms with Gasteiger partial charge in [-0.05, 0) is 61.8 Å². The van der Waals surface area contributed by atoms with E-state index in [-0.39, 0.29) is 0 Å². The van der Waals surface area contributed by atoms with E-state index in [0.29, 0.717) is 22.9 Å². The summed E-state index contributed by atoms with van der Waals surface area (Å²) in [6.45, 7) is 7.90. The molecule has 0 saturated heterocycles. The summed E-state index contributed by atoms with van der Waals surface area (Å²) in [5.41, 5.74) is 4.70. The maximum Gasteiger partial charge on any atom is 0.137 e. The molecule has 0 aliphatic rings. The summed E-state index contributed by atoms with van der Waals surface area (Å²) >= 11 is 6.31. The molecule has 0 aliphatic heterocycles. The molecule has 31 heavy (non-hydrogen) atoms. The van der Waals surface area contributed by atoms with Crippen molar-refractivity contribution >= 4 is 28.2 Å². The van der Waals surface area contributed by atoms with Crippen molar-refractivity contribution in [3.05, 3.63) is 64.3 Å². The average molecular weight is 437 g/mol. The Kier molecular flexibility index (Phi) is 8.11. The Morgan fingerprint density at radius 3 is 2.55 bits per heavy atom. The Hall–Kier alpha value is -2.81. The van der Waals surface area contributed by atoms with Crippen molar-refractivity contribution in [1.82, 2.24) is 9.88 Å². The molecule has 0 fully saturated rings. The zero-order valence-corrected chi connectivity index (χ0v) is 19.2. The predicted molar refractivity (Wildman–Crippen MR) is 128 cm³/mol. The molecule has 3 rings (SSSR count). The molecule has 0 aliphatic carbocycles. The monoisotopic (exact) mass is 436 g/mol. The van der Waals surface area contributed by atoms with E-state index in [1.54, 1.807) is 7.11 Å². The molecule has 5 nitrogen and oxygen atoms in total. The molecule has 162 valence electrons. The van der Waals surface area contributed by atoms with Crippen molar-refractivity contribution in [2.75, 3.05) is 25.5 Å². The molecule has 0 unspecified atom stereocenters. The van der Waals surface area contributed by atoms with E-state index in [9.17, 15) is 5.26 Å². The number of pyridine rings is 1. The lowest BCUT2D eigenvalue weighted by Gasteiger charge is -2.23. The lowest BCUT2D eigenvalue weighted by Crippen LogP contribution is -2.25. The van der Waals surface area contributed by atoms with E-state index in [0.717, 1.165) is 60.2 Å². The number of aromatic nitrogens is 1. The highest BCUT2D eigenvalue weighted by Crippen LogP contribution is 2.30. The molecular weight excluding hydrogens is 408 g/mol. The summed E-state index contributed by atoms with van der Waals surface area (Å²) in [4.78, 5) is 7.12. The van der Waals surface area contributed by atoms with Gasteiger partial charge in [0.2, 0.25) is 0 Å². The number of rotatable bonds is 10. The second kappa shape index (κ2) is 11.0. The normalized spacial score (nSPS) is 11.0. The minimum absolute atomic E-state index is 0.588. The van der Waals surface area contributed by atoms with E-state index in [1.807, 2.05) is 42.6 Å². The second-order valence-corrected chi connectivity index (χ2v) is 8.01. The second-order valence-electron chi connectivity index (χ2n) is 7.60. The van der Waals surface area contributed by atoms with Crippen LogP contribution >= 0.6 is 11.6 Å². The first-order valence-electron chi connectivity index (χ1n) is 10.7. The number of hydrogen-bond acceptors (Lipinski definition) is 5. The number of nitrogens with zero attached hydrogens (tertiary/aromatic N) is 3. The van der Waals surface area contributed by atoms with Crippen LogP contribution in [-0.2, 0) is 13.1 Å². The van der Waals surface area contributed by atoms with Crippen molar-refractivity contribution in [2.45, 2.75) is 39.8 Å². The lowest BCUT2D eigenvalue weighted by atomic mass is 10.1. The van der Waals surface area contributed by atoms with E-state index < -0.39 is 0 Å². The first-order chi connectivity index (χ1) is 15.1. The van der Waals surface area contributed by atoms with Gasteiger partial charge in [0.25, 0.3) is 0 Å². The highest BCUT2D eigenvalue weighted by atomic mass is 35.5. The summed E-state index contributed by atoms with van der Waals surface area (Å²) in [7, 11) is 1.61. The van der Waals surface area contributed by atoms with Crippen LogP contribution in [0.3, 0.4) is 0 Å². The highest BCUT2D eigenvalue weighted by molar-refractivity contribution is 6.32. The number of hydrogen-bond donors (Lipinski definition) is 1. The molecule has 1 aromatic heterocycles.